The molecule has 1 atom stereocenters. The van der Waals surface area contributed by atoms with Crippen LogP contribution in [0, 0.1) is 5.92 Å². The molecule has 0 aliphatic carbocycles. The fourth-order valence-electron chi connectivity index (χ4n) is 3.00. The summed E-state index contributed by atoms with van der Waals surface area (Å²) in [6, 6.07) is 15.2. The van der Waals surface area contributed by atoms with Crippen molar-refractivity contribution < 1.29 is 14.3 Å². The summed E-state index contributed by atoms with van der Waals surface area (Å²) in [5.74, 6) is 0.0587. The Morgan fingerprint density at radius 2 is 1.93 bits per heavy atom. The Labute approximate surface area is 158 Å². The normalized spacial score (nSPS) is 16.7. The average molecular weight is 365 g/mol. The largest absolute Gasteiger partial charge is 0.497 e. The molecular weight excluding hydrogens is 342 g/mol. The van der Waals surface area contributed by atoms with Crippen molar-refractivity contribution in [2.24, 2.45) is 11.0 Å². The predicted octanol–water partition coefficient (Wildman–Crippen LogP) is 2.76. The first-order valence-electron chi connectivity index (χ1n) is 8.97. The van der Waals surface area contributed by atoms with Crippen LogP contribution < -0.4 is 15.1 Å². The van der Waals surface area contributed by atoms with E-state index in [1.54, 1.807) is 18.2 Å². The zero-order valence-electron chi connectivity index (χ0n) is 15.5. The van der Waals surface area contributed by atoms with Gasteiger partial charge >= 0.3 is 0 Å². The number of hydrogen-bond acceptors (Lipinski definition) is 4. The number of hydrogen-bond donors (Lipinski definition) is 1. The van der Waals surface area contributed by atoms with Crippen molar-refractivity contribution in [3.05, 3.63) is 59.7 Å². The van der Waals surface area contributed by atoms with E-state index in [4.69, 9.17) is 4.74 Å². The molecule has 6 nitrogen and oxygen atoms in total. The fourth-order valence-corrected chi connectivity index (χ4v) is 3.00. The second-order valence-electron chi connectivity index (χ2n) is 6.43. The lowest BCUT2D eigenvalue weighted by Crippen LogP contribution is -2.30. The Morgan fingerprint density at radius 1 is 1.22 bits per heavy atom. The molecular formula is C21H23N3O3. The fraction of sp³-hybridized carbons (Fsp3) is 0.286. The van der Waals surface area contributed by atoms with Gasteiger partial charge in [-0.05, 0) is 53.9 Å². The predicted molar refractivity (Wildman–Crippen MR) is 105 cm³/mol. The van der Waals surface area contributed by atoms with Gasteiger partial charge in [0, 0.05) is 18.7 Å². The second-order valence-corrected chi connectivity index (χ2v) is 6.43. The monoisotopic (exact) mass is 365 g/mol. The number of methoxy groups -OCH3 is 1. The third kappa shape index (κ3) is 4.53. The summed E-state index contributed by atoms with van der Waals surface area (Å²) >= 11 is 0. The molecule has 1 N–H and O–H groups in total. The Morgan fingerprint density at radius 3 is 2.56 bits per heavy atom. The lowest BCUT2D eigenvalue weighted by molar-refractivity contribution is -0.126. The van der Waals surface area contributed by atoms with Crippen LogP contribution in [-0.4, -0.2) is 31.7 Å². The maximum Gasteiger partial charge on any atom is 0.245 e. The maximum absolute atomic E-state index is 12.3. The van der Waals surface area contributed by atoms with Crippen molar-refractivity contribution in [1.29, 1.82) is 0 Å². The molecule has 1 saturated heterocycles. The molecule has 0 aromatic heterocycles. The lowest BCUT2D eigenvalue weighted by Gasteiger charge is -2.16. The molecule has 0 spiro atoms. The quantitative estimate of drug-likeness (QED) is 0.632. The van der Waals surface area contributed by atoms with E-state index in [2.05, 4.69) is 17.5 Å². The molecule has 2 aromatic rings. The summed E-state index contributed by atoms with van der Waals surface area (Å²) in [4.78, 5) is 26.3. The van der Waals surface area contributed by atoms with Gasteiger partial charge in [-0.25, -0.2) is 5.43 Å². The maximum atomic E-state index is 12.3. The van der Waals surface area contributed by atoms with Crippen molar-refractivity contribution in [3.8, 4) is 5.75 Å². The van der Waals surface area contributed by atoms with Gasteiger partial charge in [-0.3, -0.25) is 9.59 Å². The van der Waals surface area contributed by atoms with Crippen LogP contribution in [0.4, 0.5) is 5.69 Å². The number of nitrogens with zero attached hydrogens (tertiary/aromatic N) is 2. The van der Waals surface area contributed by atoms with E-state index in [1.807, 2.05) is 48.5 Å². The standard InChI is InChI=1S/C21H23N3O3/c1-3-15-4-8-18(9-5-15)24-14-17(12-20(24)25)21(26)23-22-13-16-6-10-19(27-2)11-7-16/h4-11,13,17H,3,12,14H2,1-2H3,(H,23,26)/b22-13+/t17-/m1/s1. The summed E-state index contributed by atoms with van der Waals surface area (Å²) in [5.41, 5.74) is 5.42. The number of hydrazone groups is 1. The van der Waals surface area contributed by atoms with E-state index in [1.165, 1.54) is 5.56 Å². The Hall–Kier alpha value is -3.15. The van der Waals surface area contributed by atoms with Gasteiger partial charge in [0.15, 0.2) is 0 Å². The number of benzene rings is 2. The van der Waals surface area contributed by atoms with Gasteiger partial charge < -0.3 is 9.64 Å². The summed E-state index contributed by atoms with van der Waals surface area (Å²) in [6.07, 6.45) is 2.71. The third-order valence-electron chi connectivity index (χ3n) is 4.66. The number of aryl methyl sites for hydroxylation is 1. The summed E-state index contributed by atoms with van der Waals surface area (Å²) in [7, 11) is 1.60. The molecule has 2 amide bonds. The van der Waals surface area contributed by atoms with Crippen LogP contribution in [0.1, 0.15) is 24.5 Å². The first-order valence-corrected chi connectivity index (χ1v) is 8.97. The first kappa shape index (κ1) is 18.6. The van der Waals surface area contributed by atoms with Crippen LogP contribution in [0.25, 0.3) is 0 Å². The molecule has 6 heteroatoms. The molecule has 0 radical (unpaired) electrons. The van der Waals surface area contributed by atoms with Crippen LogP contribution in [0.3, 0.4) is 0 Å². The number of amides is 2. The summed E-state index contributed by atoms with van der Waals surface area (Å²) in [6.45, 7) is 2.46. The Balaban J connectivity index is 1.57. The van der Waals surface area contributed by atoms with Crippen molar-refractivity contribution >= 4 is 23.7 Å². The van der Waals surface area contributed by atoms with Crippen LogP contribution in [-0.2, 0) is 16.0 Å². The van der Waals surface area contributed by atoms with E-state index < -0.39 is 5.92 Å². The number of carbonyl (C=O) groups excluding carboxylic acids is 2. The highest BCUT2D eigenvalue weighted by Gasteiger charge is 2.35. The molecule has 1 fully saturated rings. The van der Waals surface area contributed by atoms with E-state index in [0.717, 1.165) is 23.4 Å². The van der Waals surface area contributed by atoms with E-state index in [9.17, 15) is 9.59 Å². The van der Waals surface area contributed by atoms with Gasteiger partial charge in [-0.1, -0.05) is 19.1 Å². The Kier molecular flexibility index (Phi) is 5.86. The number of anilines is 1. The van der Waals surface area contributed by atoms with Crippen molar-refractivity contribution in [2.45, 2.75) is 19.8 Å². The third-order valence-corrected chi connectivity index (χ3v) is 4.66. The second kappa shape index (κ2) is 8.49. The molecule has 27 heavy (non-hydrogen) atoms. The molecule has 140 valence electrons. The minimum Gasteiger partial charge on any atom is -0.497 e. The van der Waals surface area contributed by atoms with E-state index in [0.29, 0.717) is 6.54 Å². The van der Waals surface area contributed by atoms with Crippen molar-refractivity contribution in [2.75, 3.05) is 18.6 Å². The molecule has 0 saturated carbocycles. The molecule has 1 aliphatic rings. The highest BCUT2D eigenvalue weighted by atomic mass is 16.5. The zero-order valence-corrected chi connectivity index (χ0v) is 15.5. The Bertz CT molecular complexity index is 829. The molecule has 1 aliphatic heterocycles. The van der Waals surface area contributed by atoms with Gasteiger partial charge in [0.25, 0.3) is 0 Å². The number of ether oxygens (including phenoxy) is 1. The van der Waals surface area contributed by atoms with Gasteiger partial charge in [0.1, 0.15) is 5.75 Å². The van der Waals surface area contributed by atoms with Crippen LogP contribution in [0.5, 0.6) is 5.75 Å². The smallest absolute Gasteiger partial charge is 0.245 e. The van der Waals surface area contributed by atoms with Crippen molar-refractivity contribution in [3.63, 3.8) is 0 Å². The number of nitrogens with one attached hydrogen (secondary N) is 1. The number of carbonyl (C=O) groups is 2. The van der Waals surface area contributed by atoms with Gasteiger partial charge in [-0.15, -0.1) is 0 Å². The highest BCUT2D eigenvalue weighted by Crippen LogP contribution is 2.25. The molecule has 0 bridgehead atoms. The van der Waals surface area contributed by atoms with Crippen LogP contribution in [0.2, 0.25) is 0 Å². The molecule has 2 aromatic carbocycles. The highest BCUT2D eigenvalue weighted by molar-refractivity contribution is 6.00. The van der Waals surface area contributed by atoms with E-state index in [-0.39, 0.29) is 18.2 Å². The van der Waals surface area contributed by atoms with E-state index >= 15 is 0 Å². The minimum absolute atomic E-state index is 0.0430. The topological polar surface area (TPSA) is 71.0 Å². The average Bonchev–Trinajstić information content (AvgIpc) is 3.10. The molecule has 1 heterocycles. The van der Waals surface area contributed by atoms with Gasteiger partial charge in [0.05, 0.1) is 19.2 Å². The zero-order chi connectivity index (χ0) is 19.2. The van der Waals surface area contributed by atoms with Gasteiger partial charge in [0.2, 0.25) is 11.8 Å². The van der Waals surface area contributed by atoms with Gasteiger partial charge in [-0.2, -0.15) is 5.10 Å². The molecule has 3 rings (SSSR count). The van der Waals surface area contributed by atoms with Crippen molar-refractivity contribution in [1.82, 2.24) is 5.43 Å². The summed E-state index contributed by atoms with van der Waals surface area (Å²) < 4.78 is 5.10. The molecule has 0 unspecified atom stereocenters. The summed E-state index contributed by atoms with van der Waals surface area (Å²) in [5, 5.41) is 3.99. The SMILES string of the molecule is CCc1ccc(N2C[C@H](C(=O)N/N=C/c3ccc(OC)cc3)CC2=O)cc1. The first-order chi connectivity index (χ1) is 13.1. The lowest BCUT2D eigenvalue weighted by atomic mass is 10.1. The van der Waals surface area contributed by atoms with Crippen LogP contribution in [0.15, 0.2) is 53.6 Å². The minimum atomic E-state index is -0.406. The number of rotatable bonds is 6. The van der Waals surface area contributed by atoms with Crippen LogP contribution >= 0.6 is 0 Å².